The van der Waals surface area contributed by atoms with Crippen LogP contribution in [0.4, 0.5) is 10.6 Å². The van der Waals surface area contributed by atoms with Crippen LogP contribution in [-0.4, -0.2) is 41.1 Å². The average molecular weight is 296 g/mol. The minimum Gasteiger partial charge on any atom is -0.444 e. The van der Waals surface area contributed by atoms with E-state index in [9.17, 15) is 4.79 Å². The molecule has 21 heavy (non-hydrogen) atoms. The number of carbonyl (C=O) groups is 1. The lowest BCUT2D eigenvalue weighted by Crippen LogP contribution is -2.36. The molecule has 1 atom stereocenters. The van der Waals surface area contributed by atoms with Gasteiger partial charge in [-0.3, -0.25) is 10.4 Å². The number of hydrogen-bond donors (Lipinski definition) is 3. The van der Waals surface area contributed by atoms with Gasteiger partial charge in [-0.2, -0.15) is 5.10 Å². The van der Waals surface area contributed by atoms with Gasteiger partial charge in [0.2, 0.25) is 0 Å². The van der Waals surface area contributed by atoms with Crippen molar-refractivity contribution < 1.29 is 14.3 Å². The second-order valence-corrected chi connectivity index (χ2v) is 6.19. The number of aromatic nitrogens is 2. The van der Waals surface area contributed by atoms with E-state index in [0.717, 1.165) is 31.6 Å². The van der Waals surface area contributed by atoms with Gasteiger partial charge >= 0.3 is 6.09 Å². The van der Waals surface area contributed by atoms with Crippen molar-refractivity contribution in [2.45, 2.75) is 51.8 Å². The highest BCUT2D eigenvalue weighted by Crippen LogP contribution is 2.15. The molecule has 1 aliphatic rings. The summed E-state index contributed by atoms with van der Waals surface area (Å²) in [6, 6.07) is 0.350. The van der Waals surface area contributed by atoms with Gasteiger partial charge in [-0.25, -0.2) is 4.79 Å². The number of ether oxygens (including phenoxy) is 2. The van der Waals surface area contributed by atoms with Crippen molar-refractivity contribution in [3.8, 4) is 0 Å². The van der Waals surface area contributed by atoms with Crippen LogP contribution < -0.4 is 10.6 Å². The van der Waals surface area contributed by atoms with Gasteiger partial charge in [-0.1, -0.05) is 0 Å². The third kappa shape index (κ3) is 5.35. The summed E-state index contributed by atoms with van der Waals surface area (Å²) in [5, 5.41) is 12.8. The highest BCUT2D eigenvalue weighted by Gasteiger charge is 2.19. The SMILES string of the molecule is CC(C)(C)OC(=O)Nc1[nH]ncc1CNC1CCCOC1. The van der Waals surface area contributed by atoms with Gasteiger partial charge in [0.15, 0.2) is 0 Å². The average Bonchev–Trinajstić information content (AvgIpc) is 2.82. The molecule has 0 spiro atoms. The van der Waals surface area contributed by atoms with Crippen molar-refractivity contribution in [1.82, 2.24) is 15.5 Å². The Kier molecular flexibility index (Phi) is 5.19. The van der Waals surface area contributed by atoms with E-state index in [1.165, 1.54) is 0 Å². The molecule has 0 bridgehead atoms. The largest absolute Gasteiger partial charge is 0.444 e. The van der Waals surface area contributed by atoms with Crippen molar-refractivity contribution >= 4 is 11.9 Å². The molecule has 2 heterocycles. The van der Waals surface area contributed by atoms with Crippen molar-refractivity contribution in [1.29, 1.82) is 0 Å². The number of nitrogens with one attached hydrogen (secondary N) is 3. The standard InChI is InChI=1S/C14H24N4O3/c1-14(2,3)21-13(19)17-12-10(8-16-18-12)7-15-11-5-4-6-20-9-11/h8,11,15H,4-7,9H2,1-3H3,(H2,16,17,18,19). The third-order valence-corrected chi connectivity index (χ3v) is 3.09. The van der Waals surface area contributed by atoms with Crippen molar-refractivity contribution in [3.63, 3.8) is 0 Å². The highest BCUT2D eigenvalue weighted by molar-refractivity contribution is 5.84. The van der Waals surface area contributed by atoms with E-state index in [0.29, 0.717) is 18.4 Å². The first-order chi connectivity index (χ1) is 9.94. The van der Waals surface area contributed by atoms with Gasteiger partial charge in [0, 0.05) is 24.8 Å². The Morgan fingerprint density at radius 3 is 3.05 bits per heavy atom. The maximum atomic E-state index is 11.8. The molecule has 1 unspecified atom stereocenters. The fourth-order valence-corrected chi connectivity index (χ4v) is 2.12. The maximum absolute atomic E-state index is 11.8. The molecule has 0 radical (unpaired) electrons. The van der Waals surface area contributed by atoms with E-state index in [1.54, 1.807) is 6.20 Å². The Labute approximate surface area is 124 Å². The number of aromatic amines is 1. The van der Waals surface area contributed by atoms with Crippen LogP contribution in [-0.2, 0) is 16.0 Å². The Morgan fingerprint density at radius 1 is 1.57 bits per heavy atom. The zero-order chi connectivity index (χ0) is 15.3. The smallest absolute Gasteiger partial charge is 0.413 e. The number of amides is 1. The van der Waals surface area contributed by atoms with Gasteiger partial charge in [0.1, 0.15) is 11.4 Å². The molecule has 1 aromatic rings. The summed E-state index contributed by atoms with van der Waals surface area (Å²) in [7, 11) is 0. The molecule has 1 fully saturated rings. The first-order valence-corrected chi connectivity index (χ1v) is 7.27. The van der Waals surface area contributed by atoms with Gasteiger partial charge in [0.25, 0.3) is 0 Å². The fourth-order valence-electron chi connectivity index (χ4n) is 2.12. The molecule has 2 rings (SSSR count). The third-order valence-electron chi connectivity index (χ3n) is 3.09. The molecular weight excluding hydrogens is 272 g/mol. The number of rotatable bonds is 4. The fraction of sp³-hybridized carbons (Fsp3) is 0.714. The van der Waals surface area contributed by atoms with Crippen LogP contribution in [0.15, 0.2) is 6.20 Å². The van der Waals surface area contributed by atoms with Crippen molar-refractivity contribution in [3.05, 3.63) is 11.8 Å². The summed E-state index contributed by atoms with van der Waals surface area (Å²) in [5.74, 6) is 0.563. The van der Waals surface area contributed by atoms with Crippen LogP contribution in [0.3, 0.4) is 0 Å². The highest BCUT2D eigenvalue weighted by atomic mass is 16.6. The minimum atomic E-state index is -0.526. The predicted molar refractivity (Wildman–Crippen MR) is 79.1 cm³/mol. The van der Waals surface area contributed by atoms with Crippen LogP contribution in [0, 0.1) is 0 Å². The summed E-state index contributed by atoms with van der Waals surface area (Å²) in [4.78, 5) is 11.8. The molecule has 3 N–H and O–H groups in total. The molecule has 7 heteroatoms. The predicted octanol–water partition coefficient (Wildman–Crippen LogP) is 2.03. The van der Waals surface area contributed by atoms with Crippen molar-refractivity contribution in [2.24, 2.45) is 0 Å². The normalized spacial score (nSPS) is 19.3. The molecule has 1 saturated heterocycles. The molecule has 7 nitrogen and oxygen atoms in total. The van der Waals surface area contributed by atoms with E-state index < -0.39 is 11.7 Å². The Morgan fingerprint density at radius 2 is 2.38 bits per heavy atom. The second kappa shape index (κ2) is 6.91. The molecule has 0 aliphatic carbocycles. The monoisotopic (exact) mass is 296 g/mol. The zero-order valence-corrected chi connectivity index (χ0v) is 12.9. The topological polar surface area (TPSA) is 88.3 Å². The lowest BCUT2D eigenvalue weighted by molar-refractivity contribution is 0.0634. The van der Waals surface area contributed by atoms with E-state index in [1.807, 2.05) is 20.8 Å². The van der Waals surface area contributed by atoms with Gasteiger partial charge < -0.3 is 14.8 Å². The number of hydrogen-bond acceptors (Lipinski definition) is 5. The van der Waals surface area contributed by atoms with E-state index >= 15 is 0 Å². The second-order valence-electron chi connectivity index (χ2n) is 6.19. The first kappa shape index (κ1) is 15.8. The van der Waals surface area contributed by atoms with Gasteiger partial charge in [-0.15, -0.1) is 0 Å². The van der Waals surface area contributed by atoms with Crippen molar-refractivity contribution in [2.75, 3.05) is 18.5 Å². The van der Waals surface area contributed by atoms with E-state index in [2.05, 4.69) is 20.8 Å². The summed E-state index contributed by atoms with van der Waals surface area (Å²) >= 11 is 0. The molecule has 0 saturated carbocycles. The maximum Gasteiger partial charge on any atom is 0.413 e. The van der Waals surface area contributed by atoms with Crippen LogP contribution in [0.2, 0.25) is 0 Å². The number of carbonyl (C=O) groups excluding carboxylic acids is 1. The minimum absolute atomic E-state index is 0.350. The number of anilines is 1. The number of nitrogens with zero attached hydrogens (tertiary/aromatic N) is 1. The van der Waals surface area contributed by atoms with Crippen LogP contribution in [0.5, 0.6) is 0 Å². The Hall–Kier alpha value is -1.60. The van der Waals surface area contributed by atoms with Crippen LogP contribution in [0.25, 0.3) is 0 Å². The molecular formula is C14H24N4O3. The summed E-state index contributed by atoms with van der Waals surface area (Å²) in [5.41, 5.74) is 0.369. The van der Waals surface area contributed by atoms with Gasteiger partial charge in [-0.05, 0) is 33.6 Å². The molecule has 1 aliphatic heterocycles. The molecule has 1 aromatic heterocycles. The Bertz CT molecular complexity index is 461. The molecule has 0 aromatic carbocycles. The first-order valence-electron chi connectivity index (χ1n) is 7.27. The zero-order valence-electron chi connectivity index (χ0n) is 12.9. The summed E-state index contributed by atoms with van der Waals surface area (Å²) in [6.45, 7) is 7.67. The Balaban J connectivity index is 1.84. The van der Waals surface area contributed by atoms with Crippen LogP contribution in [0.1, 0.15) is 39.2 Å². The van der Waals surface area contributed by atoms with E-state index in [4.69, 9.17) is 9.47 Å². The van der Waals surface area contributed by atoms with E-state index in [-0.39, 0.29) is 0 Å². The summed E-state index contributed by atoms with van der Waals surface area (Å²) < 4.78 is 10.6. The summed E-state index contributed by atoms with van der Waals surface area (Å²) in [6.07, 6.45) is 3.39. The molecule has 1 amide bonds. The quantitative estimate of drug-likeness (QED) is 0.791. The number of H-pyrrole nitrogens is 1. The molecule has 118 valence electrons. The van der Waals surface area contributed by atoms with Crippen LogP contribution >= 0.6 is 0 Å². The van der Waals surface area contributed by atoms with Gasteiger partial charge in [0.05, 0.1) is 12.8 Å². The lowest BCUT2D eigenvalue weighted by Gasteiger charge is -2.23. The lowest BCUT2D eigenvalue weighted by atomic mass is 10.1.